The molecule has 3 rings (SSSR count). The van der Waals surface area contributed by atoms with Gasteiger partial charge in [-0.2, -0.15) is 0 Å². The van der Waals surface area contributed by atoms with Crippen LogP contribution in [0.4, 0.5) is 10.5 Å². The highest BCUT2D eigenvalue weighted by Gasteiger charge is 2.37. The number of imide groups is 2. The monoisotopic (exact) mass is 348 g/mol. The third kappa shape index (κ3) is 3.28. The summed E-state index contributed by atoms with van der Waals surface area (Å²) in [5.41, 5.74) is 1.47. The predicted octanol–water partition coefficient (Wildman–Crippen LogP) is 4.10. The number of hydrogen-bond acceptors (Lipinski definition) is 3. The minimum atomic E-state index is -0.734. The molecule has 0 saturated carbocycles. The minimum Gasteiger partial charge on any atom is -0.273 e. The van der Waals surface area contributed by atoms with Crippen molar-refractivity contribution >= 4 is 34.3 Å². The van der Waals surface area contributed by atoms with Crippen molar-refractivity contribution in [3.63, 3.8) is 0 Å². The number of carbonyl (C=O) groups is 3. The zero-order valence-electron chi connectivity index (χ0n) is 14.8. The lowest BCUT2D eigenvalue weighted by atomic mass is 10.1. The second-order valence-corrected chi connectivity index (χ2v) is 6.24. The molecule has 0 spiro atoms. The van der Waals surface area contributed by atoms with Gasteiger partial charge in [0.25, 0.3) is 11.8 Å². The minimum absolute atomic E-state index is 0.0482. The summed E-state index contributed by atoms with van der Waals surface area (Å²) in [6, 6.07) is 12.1. The lowest BCUT2D eigenvalue weighted by Gasteiger charge is -2.27. The standard InChI is InChI=1S/C21H20N2O3/c1-3-7-14(2)12-13-17-19(24)22-21(26)23(20(17)25)18-11-6-9-15-8-4-5-10-16(15)18/h4-6,8-13H,3,7H2,1-2H3,(H,22,24,26)/b14-12?,17-13-. The Hall–Kier alpha value is -3.21. The average Bonchev–Trinajstić information content (AvgIpc) is 2.61. The van der Waals surface area contributed by atoms with Crippen LogP contribution in [0.3, 0.4) is 0 Å². The molecule has 4 amide bonds. The zero-order valence-corrected chi connectivity index (χ0v) is 14.8. The lowest BCUT2D eigenvalue weighted by Crippen LogP contribution is -2.54. The molecular formula is C21H20N2O3. The van der Waals surface area contributed by atoms with Gasteiger partial charge in [-0.25, -0.2) is 9.69 Å². The summed E-state index contributed by atoms with van der Waals surface area (Å²) >= 11 is 0. The van der Waals surface area contributed by atoms with Gasteiger partial charge in [0, 0.05) is 5.39 Å². The van der Waals surface area contributed by atoms with Gasteiger partial charge in [-0.05, 0) is 30.9 Å². The van der Waals surface area contributed by atoms with E-state index in [1.807, 2.05) is 37.3 Å². The highest BCUT2D eigenvalue weighted by Crippen LogP contribution is 2.29. The maximum absolute atomic E-state index is 12.9. The molecule has 1 saturated heterocycles. The van der Waals surface area contributed by atoms with Crippen LogP contribution < -0.4 is 10.2 Å². The van der Waals surface area contributed by atoms with E-state index in [1.54, 1.807) is 18.2 Å². The maximum Gasteiger partial charge on any atom is 0.335 e. The number of carbonyl (C=O) groups excluding carboxylic acids is 3. The number of nitrogens with one attached hydrogen (secondary N) is 1. The first-order valence-electron chi connectivity index (χ1n) is 8.58. The smallest absolute Gasteiger partial charge is 0.273 e. The summed E-state index contributed by atoms with van der Waals surface area (Å²) in [5, 5.41) is 3.94. The van der Waals surface area contributed by atoms with Crippen LogP contribution in [0.5, 0.6) is 0 Å². The Morgan fingerprint density at radius 3 is 2.58 bits per heavy atom. The second-order valence-electron chi connectivity index (χ2n) is 6.24. The average molecular weight is 348 g/mol. The molecular weight excluding hydrogens is 328 g/mol. The summed E-state index contributed by atoms with van der Waals surface area (Å²) in [6.45, 7) is 4.00. The molecule has 5 heteroatoms. The van der Waals surface area contributed by atoms with Crippen molar-refractivity contribution in [3.05, 3.63) is 65.8 Å². The van der Waals surface area contributed by atoms with Crippen molar-refractivity contribution in [2.45, 2.75) is 26.7 Å². The first kappa shape index (κ1) is 17.6. The third-order valence-electron chi connectivity index (χ3n) is 4.29. The number of allylic oxidation sites excluding steroid dienone is 3. The lowest BCUT2D eigenvalue weighted by molar-refractivity contribution is -0.122. The van der Waals surface area contributed by atoms with E-state index in [4.69, 9.17) is 0 Å². The molecule has 0 aliphatic carbocycles. The van der Waals surface area contributed by atoms with Crippen molar-refractivity contribution in [2.75, 3.05) is 4.90 Å². The van der Waals surface area contributed by atoms with Crippen molar-refractivity contribution in [3.8, 4) is 0 Å². The largest absolute Gasteiger partial charge is 0.335 e. The molecule has 0 unspecified atom stereocenters. The second kappa shape index (κ2) is 7.35. The Labute approximate surface area is 152 Å². The predicted molar refractivity (Wildman–Crippen MR) is 102 cm³/mol. The number of rotatable bonds is 4. The fourth-order valence-electron chi connectivity index (χ4n) is 3.00. The van der Waals surface area contributed by atoms with Gasteiger partial charge in [-0.15, -0.1) is 0 Å². The SMILES string of the molecule is CCCC(C)=C/C=C1/C(=O)NC(=O)N(c2cccc3ccccc23)C1=O. The van der Waals surface area contributed by atoms with E-state index in [-0.39, 0.29) is 5.57 Å². The molecule has 0 radical (unpaired) electrons. The van der Waals surface area contributed by atoms with Crippen molar-refractivity contribution in [2.24, 2.45) is 0 Å². The maximum atomic E-state index is 12.9. The topological polar surface area (TPSA) is 66.5 Å². The number of anilines is 1. The number of benzene rings is 2. The molecule has 1 heterocycles. The van der Waals surface area contributed by atoms with E-state index in [1.165, 1.54) is 6.08 Å². The number of fused-ring (bicyclic) bond motifs is 1. The highest BCUT2D eigenvalue weighted by atomic mass is 16.2. The Bertz CT molecular complexity index is 951. The van der Waals surface area contributed by atoms with Crippen LogP contribution in [0.2, 0.25) is 0 Å². The summed E-state index contributed by atoms with van der Waals surface area (Å²) in [6.07, 6.45) is 5.11. The molecule has 26 heavy (non-hydrogen) atoms. The van der Waals surface area contributed by atoms with E-state index in [2.05, 4.69) is 12.2 Å². The van der Waals surface area contributed by atoms with Crippen molar-refractivity contribution in [1.29, 1.82) is 0 Å². The van der Waals surface area contributed by atoms with Gasteiger partial charge in [0.2, 0.25) is 0 Å². The van der Waals surface area contributed by atoms with Gasteiger partial charge < -0.3 is 0 Å². The van der Waals surface area contributed by atoms with E-state index < -0.39 is 17.8 Å². The van der Waals surface area contributed by atoms with Crippen LogP contribution in [0.15, 0.2) is 65.8 Å². The molecule has 0 atom stereocenters. The van der Waals surface area contributed by atoms with Crippen LogP contribution in [-0.2, 0) is 9.59 Å². The molecule has 1 aliphatic rings. The van der Waals surface area contributed by atoms with Gasteiger partial charge in [0.05, 0.1) is 5.69 Å². The molecule has 1 fully saturated rings. The Morgan fingerprint density at radius 2 is 1.81 bits per heavy atom. The van der Waals surface area contributed by atoms with Gasteiger partial charge in [-0.3, -0.25) is 14.9 Å². The van der Waals surface area contributed by atoms with Gasteiger partial charge in [-0.1, -0.05) is 61.4 Å². The molecule has 1 aliphatic heterocycles. The number of nitrogens with zero attached hydrogens (tertiary/aromatic N) is 1. The Kier molecular flexibility index (Phi) is 4.98. The molecule has 132 valence electrons. The number of hydrogen-bond donors (Lipinski definition) is 1. The first-order valence-corrected chi connectivity index (χ1v) is 8.58. The quantitative estimate of drug-likeness (QED) is 0.668. The third-order valence-corrected chi connectivity index (χ3v) is 4.29. The molecule has 0 aromatic heterocycles. The van der Waals surface area contributed by atoms with Crippen LogP contribution >= 0.6 is 0 Å². The van der Waals surface area contributed by atoms with Crippen molar-refractivity contribution in [1.82, 2.24) is 5.32 Å². The molecule has 5 nitrogen and oxygen atoms in total. The van der Waals surface area contributed by atoms with Gasteiger partial charge in [0.15, 0.2) is 0 Å². The first-order chi connectivity index (χ1) is 12.5. The summed E-state index contributed by atoms with van der Waals surface area (Å²) in [7, 11) is 0. The van der Waals surface area contributed by atoms with Gasteiger partial charge >= 0.3 is 6.03 Å². The molecule has 1 N–H and O–H groups in total. The van der Waals surface area contributed by atoms with E-state index in [0.29, 0.717) is 5.69 Å². The molecule has 2 aromatic carbocycles. The van der Waals surface area contributed by atoms with E-state index in [0.717, 1.165) is 34.1 Å². The van der Waals surface area contributed by atoms with Gasteiger partial charge in [0.1, 0.15) is 5.57 Å². The highest BCUT2D eigenvalue weighted by molar-refractivity contribution is 6.38. The fraction of sp³-hybridized carbons (Fsp3) is 0.190. The number of amides is 4. The van der Waals surface area contributed by atoms with Crippen molar-refractivity contribution < 1.29 is 14.4 Å². The number of urea groups is 1. The normalized spacial score (nSPS) is 17.2. The molecule has 2 aromatic rings. The fourth-order valence-corrected chi connectivity index (χ4v) is 3.00. The van der Waals surface area contributed by atoms with Crippen LogP contribution in [0.25, 0.3) is 10.8 Å². The molecule has 0 bridgehead atoms. The zero-order chi connectivity index (χ0) is 18.7. The van der Waals surface area contributed by atoms with E-state index in [9.17, 15) is 14.4 Å². The summed E-state index contributed by atoms with van der Waals surface area (Å²) in [4.78, 5) is 38.5. The number of barbiturate groups is 1. The van der Waals surface area contributed by atoms with E-state index >= 15 is 0 Å². The summed E-state index contributed by atoms with van der Waals surface area (Å²) in [5.74, 6) is -1.28. The Balaban J connectivity index is 2.05. The van der Waals surface area contributed by atoms with Crippen LogP contribution in [0, 0.1) is 0 Å². The Morgan fingerprint density at radius 1 is 1.08 bits per heavy atom. The summed E-state index contributed by atoms with van der Waals surface area (Å²) < 4.78 is 0. The van der Waals surface area contributed by atoms with Crippen LogP contribution in [-0.4, -0.2) is 17.8 Å². The van der Waals surface area contributed by atoms with Crippen LogP contribution in [0.1, 0.15) is 26.7 Å².